The second-order valence-electron chi connectivity index (χ2n) is 6.90. The summed E-state index contributed by atoms with van der Waals surface area (Å²) in [5.74, 6) is -1.53. The van der Waals surface area contributed by atoms with Gasteiger partial charge in [-0.05, 0) is 47.5 Å². The Kier molecular flexibility index (Phi) is 7.58. The van der Waals surface area contributed by atoms with E-state index in [1.54, 1.807) is 30.3 Å². The van der Waals surface area contributed by atoms with E-state index in [2.05, 4.69) is 0 Å². The number of alkyl halides is 3. The molecule has 3 aromatic rings. The van der Waals surface area contributed by atoms with Crippen LogP contribution in [0.25, 0.3) is 0 Å². The number of ether oxygens (including phenoxy) is 4. The minimum absolute atomic E-state index is 0.0117. The molecular weight excluding hydrogens is 428 g/mol. The molecule has 0 radical (unpaired) electrons. The third kappa shape index (κ3) is 5.91. The van der Waals surface area contributed by atoms with Crippen molar-refractivity contribution in [2.45, 2.75) is 18.7 Å². The van der Waals surface area contributed by atoms with E-state index in [-0.39, 0.29) is 23.7 Å². The van der Waals surface area contributed by atoms with E-state index in [4.69, 9.17) is 18.9 Å². The maximum absolute atomic E-state index is 14.1. The van der Waals surface area contributed by atoms with E-state index in [9.17, 15) is 17.6 Å². The molecule has 3 aromatic carbocycles. The zero-order chi connectivity index (χ0) is 23.1. The maximum atomic E-state index is 14.1. The minimum Gasteiger partial charge on any atom is -0.493 e. The highest BCUT2D eigenvalue weighted by Crippen LogP contribution is 2.39. The van der Waals surface area contributed by atoms with Gasteiger partial charge in [-0.1, -0.05) is 30.3 Å². The molecule has 0 aromatic heterocycles. The Balaban J connectivity index is 1.71. The normalized spacial score (nSPS) is 12.3. The van der Waals surface area contributed by atoms with Crippen molar-refractivity contribution < 1.29 is 36.5 Å². The first-order valence-corrected chi connectivity index (χ1v) is 9.69. The number of rotatable bonds is 9. The summed E-state index contributed by atoms with van der Waals surface area (Å²) in [6, 6.07) is 16.7. The zero-order valence-electron chi connectivity index (χ0n) is 17.5. The molecule has 0 aliphatic carbocycles. The summed E-state index contributed by atoms with van der Waals surface area (Å²) in [6.45, 7) is -0.767. The van der Waals surface area contributed by atoms with Crippen LogP contribution in [-0.4, -0.2) is 27.0 Å². The molecule has 0 amide bonds. The number of hydrogen-bond donors (Lipinski definition) is 0. The lowest BCUT2D eigenvalue weighted by Gasteiger charge is -2.22. The van der Waals surface area contributed by atoms with Crippen molar-refractivity contribution in [2.24, 2.45) is 0 Å². The molecule has 170 valence electrons. The molecule has 0 aliphatic heterocycles. The van der Waals surface area contributed by atoms with E-state index in [1.165, 1.54) is 50.6 Å². The SMILES string of the molecule is COc1ccc(C(COCc2ccc(F)c(Oc3ccccc3)c2)C(F)(F)F)cc1OC. The molecule has 0 fully saturated rings. The van der Waals surface area contributed by atoms with E-state index >= 15 is 0 Å². The Morgan fingerprint density at radius 1 is 0.812 bits per heavy atom. The highest BCUT2D eigenvalue weighted by Gasteiger charge is 2.41. The van der Waals surface area contributed by atoms with Gasteiger partial charge >= 0.3 is 6.18 Å². The number of benzene rings is 3. The highest BCUT2D eigenvalue weighted by molar-refractivity contribution is 5.44. The lowest BCUT2D eigenvalue weighted by Crippen LogP contribution is -2.25. The topological polar surface area (TPSA) is 36.9 Å². The summed E-state index contributed by atoms with van der Waals surface area (Å²) in [5, 5.41) is 0. The van der Waals surface area contributed by atoms with Crippen LogP contribution in [0.2, 0.25) is 0 Å². The van der Waals surface area contributed by atoms with Gasteiger partial charge in [0.15, 0.2) is 23.1 Å². The van der Waals surface area contributed by atoms with Crippen molar-refractivity contribution >= 4 is 0 Å². The molecule has 3 rings (SSSR count). The Morgan fingerprint density at radius 3 is 2.19 bits per heavy atom. The van der Waals surface area contributed by atoms with Crippen LogP contribution in [-0.2, 0) is 11.3 Å². The van der Waals surface area contributed by atoms with Crippen LogP contribution in [0.4, 0.5) is 17.6 Å². The third-order valence-electron chi connectivity index (χ3n) is 4.72. The van der Waals surface area contributed by atoms with E-state index < -0.39 is 24.5 Å². The van der Waals surface area contributed by atoms with Gasteiger partial charge in [-0.15, -0.1) is 0 Å². The monoisotopic (exact) mass is 450 g/mol. The lowest BCUT2D eigenvalue weighted by molar-refractivity contribution is -0.163. The second kappa shape index (κ2) is 10.4. The summed E-state index contributed by atoms with van der Waals surface area (Å²) in [7, 11) is 2.75. The maximum Gasteiger partial charge on any atom is 0.397 e. The van der Waals surface area contributed by atoms with Gasteiger partial charge in [0.2, 0.25) is 0 Å². The fourth-order valence-corrected chi connectivity index (χ4v) is 3.08. The number of hydrogen-bond acceptors (Lipinski definition) is 4. The summed E-state index contributed by atoms with van der Waals surface area (Å²) in [6.07, 6.45) is -4.54. The summed E-state index contributed by atoms with van der Waals surface area (Å²) < 4.78 is 76.2. The third-order valence-corrected chi connectivity index (χ3v) is 4.72. The van der Waals surface area contributed by atoms with Crippen molar-refractivity contribution in [3.05, 3.63) is 83.7 Å². The zero-order valence-corrected chi connectivity index (χ0v) is 17.5. The van der Waals surface area contributed by atoms with Crippen LogP contribution in [0.15, 0.2) is 66.7 Å². The summed E-state index contributed by atoms with van der Waals surface area (Å²) >= 11 is 0. The molecule has 0 spiro atoms. The number of methoxy groups -OCH3 is 2. The molecular formula is C24H22F4O4. The molecule has 32 heavy (non-hydrogen) atoms. The molecule has 8 heteroatoms. The largest absolute Gasteiger partial charge is 0.493 e. The molecule has 0 bridgehead atoms. The van der Waals surface area contributed by atoms with Gasteiger partial charge in [0.25, 0.3) is 0 Å². The molecule has 0 saturated carbocycles. The first-order valence-electron chi connectivity index (χ1n) is 9.69. The lowest BCUT2D eigenvalue weighted by atomic mass is 9.99. The van der Waals surface area contributed by atoms with Gasteiger partial charge in [0.05, 0.1) is 27.4 Å². The average molecular weight is 450 g/mol. The van der Waals surface area contributed by atoms with Crippen LogP contribution in [0.1, 0.15) is 17.0 Å². The number of halogens is 4. The molecule has 1 atom stereocenters. The first-order chi connectivity index (χ1) is 15.3. The predicted octanol–water partition coefficient (Wildman–Crippen LogP) is 6.50. The summed E-state index contributed by atoms with van der Waals surface area (Å²) in [4.78, 5) is 0. The molecule has 0 N–H and O–H groups in total. The van der Waals surface area contributed by atoms with Crippen molar-refractivity contribution in [1.82, 2.24) is 0 Å². The van der Waals surface area contributed by atoms with Crippen LogP contribution >= 0.6 is 0 Å². The van der Waals surface area contributed by atoms with Crippen LogP contribution in [0.5, 0.6) is 23.0 Å². The van der Waals surface area contributed by atoms with Gasteiger partial charge in [0, 0.05) is 0 Å². The Hall–Kier alpha value is -3.26. The van der Waals surface area contributed by atoms with Crippen molar-refractivity contribution in [1.29, 1.82) is 0 Å². The minimum atomic E-state index is -4.54. The van der Waals surface area contributed by atoms with Gasteiger partial charge in [-0.25, -0.2) is 4.39 Å². The van der Waals surface area contributed by atoms with Crippen molar-refractivity contribution in [3.8, 4) is 23.0 Å². The van der Waals surface area contributed by atoms with Gasteiger partial charge in [0.1, 0.15) is 11.7 Å². The molecule has 1 unspecified atom stereocenters. The van der Waals surface area contributed by atoms with Crippen LogP contribution < -0.4 is 14.2 Å². The quantitative estimate of drug-likeness (QED) is 0.349. The molecule has 0 aliphatic rings. The highest BCUT2D eigenvalue weighted by atomic mass is 19.4. The standard InChI is InChI=1S/C24H22F4O4/c1-29-21-11-9-17(13-23(21)30-2)19(24(26,27)28)15-31-14-16-8-10-20(25)22(12-16)32-18-6-4-3-5-7-18/h3-13,19H,14-15H2,1-2H3. The van der Waals surface area contributed by atoms with Crippen LogP contribution in [0, 0.1) is 5.82 Å². The Bertz CT molecular complexity index is 1020. The smallest absolute Gasteiger partial charge is 0.397 e. The number of para-hydroxylation sites is 1. The van der Waals surface area contributed by atoms with Gasteiger partial charge in [-0.3, -0.25) is 0 Å². The summed E-state index contributed by atoms with van der Waals surface area (Å²) in [5.41, 5.74) is 0.466. The Labute approximate surface area is 183 Å². The van der Waals surface area contributed by atoms with E-state index in [1.807, 2.05) is 0 Å². The van der Waals surface area contributed by atoms with Gasteiger partial charge < -0.3 is 18.9 Å². The van der Waals surface area contributed by atoms with Gasteiger partial charge in [-0.2, -0.15) is 13.2 Å². The second-order valence-corrected chi connectivity index (χ2v) is 6.90. The van der Waals surface area contributed by atoms with Crippen LogP contribution in [0.3, 0.4) is 0 Å². The molecule has 0 heterocycles. The Morgan fingerprint density at radius 2 is 1.53 bits per heavy atom. The van der Waals surface area contributed by atoms with Crippen molar-refractivity contribution in [3.63, 3.8) is 0 Å². The van der Waals surface area contributed by atoms with Crippen molar-refractivity contribution in [2.75, 3.05) is 20.8 Å². The first kappa shape index (κ1) is 23.4. The average Bonchev–Trinajstić information content (AvgIpc) is 2.78. The van der Waals surface area contributed by atoms with E-state index in [0.717, 1.165) is 0 Å². The fraction of sp³-hybridized carbons (Fsp3) is 0.250. The fourth-order valence-electron chi connectivity index (χ4n) is 3.08. The predicted molar refractivity (Wildman–Crippen MR) is 111 cm³/mol. The van der Waals surface area contributed by atoms with E-state index in [0.29, 0.717) is 17.1 Å². The molecule has 0 saturated heterocycles. The molecule has 4 nitrogen and oxygen atoms in total.